The first-order valence-corrected chi connectivity index (χ1v) is 6.44. The summed E-state index contributed by atoms with van der Waals surface area (Å²) in [6, 6.07) is 2.81. The van der Waals surface area contributed by atoms with Gasteiger partial charge in [0.05, 0.1) is 0 Å². The molecule has 1 unspecified atom stereocenters. The molecule has 2 rings (SSSR count). The molecule has 0 fully saturated rings. The Morgan fingerprint density at radius 3 is 2.88 bits per heavy atom. The number of halogens is 1. The van der Waals surface area contributed by atoms with Gasteiger partial charge >= 0.3 is 5.97 Å². The predicted octanol–water partition coefficient (Wildman–Crippen LogP) is 3.10. The van der Waals surface area contributed by atoms with Crippen molar-refractivity contribution in [3.8, 4) is 0 Å². The number of nitrogens with zero attached hydrogens (tertiary/aromatic N) is 1. The molecule has 0 aliphatic rings. The minimum Gasteiger partial charge on any atom is -0.479 e. The molecular formula is C9H7ClN2O2S2. The van der Waals surface area contributed by atoms with Crippen molar-refractivity contribution in [2.45, 2.75) is 6.04 Å². The summed E-state index contributed by atoms with van der Waals surface area (Å²) in [7, 11) is 0. The van der Waals surface area contributed by atoms with Crippen molar-refractivity contribution in [2.24, 2.45) is 0 Å². The van der Waals surface area contributed by atoms with Crippen LogP contribution in [-0.4, -0.2) is 16.1 Å². The molecule has 0 bridgehead atoms. The molecule has 4 nitrogen and oxygen atoms in total. The first kappa shape index (κ1) is 11.4. The van der Waals surface area contributed by atoms with Gasteiger partial charge < -0.3 is 10.4 Å². The lowest BCUT2D eigenvalue weighted by atomic mass is 10.2. The second kappa shape index (κ2) is 4.82. The van der Waals surface area contributed by atoms with Gasteiger partial charge in [-0.1, -0.05) is 17.7 Å². The molecule has 0 aliphatic carbocycles. The SMILES string of the molecule is O=C(O)C(Nc1nc(Cl)cs1)c1cccs1. The number of carboxylic acids is 1. The third-order valence-corrected chi connectivity index (χ3v) is 3.85. The van der Waals surface area contributed by atoms with Crippen molar-refractivity contribution in [1.29, 1.82) is 0 Å². The number of rotatable bonds is 4. The van der Waals surface area contributed by atoms with E-state index in [1.54, 1.807) is 11.4 Å². The van der Waals surface area contributed by atoms with E-state index in [1.165, 1.54) is 22.7 Å². The summed E-state index contributed by atoms with van der Waals surface area (Å²) in [4.78, 5) is 15.8. The van der Waals surface area contributed by atoms with E-state index >= 15 is 0 Å². The zero-order valence-electron chi connectivity index (χ0n) is 7.88. The summed E-state index contributed by atoms with van der Waals surface area (Å²) in [5.41, 5.74) is 0. The Morgan fingerprint density at radius 1 is 1.56 bits per heavy atom. The van der Waals surface area contributed by atoms with Gasteiger partial charge in [0.1, 0.15) is 5.15 Å². The van der Waals surface area contributed by atoms with Crippen LogP contribution in [0.3, 0.4) is 0 Å². The monoisotopic (exact) mass is 274 g/mol. The molecule has 84 valence electrons. The van der Waals surface area contributed by atoms with E-state index in [2.05, 4.69) is 10.3 Å². The third-order valence-electron chi connectivity index (χ3n) is 1.82. The van der Waals surface area contributed by atoms with Crippen LogP contribution in [0.2, 0.25) is 5.15 Å². The number of hydrogen-bond donors (Lipinski definition) is 2. The Hall–Kier alpha value is -1.11. The van der Waals surface area contributed by atoms with Crippen molar-refractivity contribution in [3.63, 3.8) is 0 Å². The van der Waals surface area contributed by atoms with Gasteiger partial charge in [-0.2, -0.15) is 0 Å². The number of anilines is 1. The zero-order valence-corrected chi connectivity index (χ0v) is 10.3. The first-order chi connectivity index (χ1) is 7.66. The highest BCUT2D eigenvalue weighted by Gasteiger charge is 2.21. The fraction of sp³-hybridized carbons (Fsp3) is 0.111. The molecule has 2 heterocycles. The van der Waals surface area contributed by atoms with Gasteiger partial charge in [-0.05, 0) is 11.4 Å². The highest BCUT2D eigenvalue weighted by atomic mass is 35.5. The molecule has 7 heteroatoms. The number of thiazole rings is 1. The van der Waals surface area contributed by atoms with E-state index in [4.69, 9.17) is 16.7 Å². The molecule has 0 spiro atoms. The van der Waals surface area contributed by atoms with Crippen LogP contribution >= 0.6 is 34.3 Å². The predicted molar refractivity (Wildman–Crippen MR) is 65.4 cm³/mol. The normalized spacial score (nSPS) is 12.3. The van der Waals surface area contributed by atoms with E-state index in [-0.39, 0.29) is 0 Å². The largest absolute Gasteiger partial charge is 0.479 e. The van der Waals surface area contributed by atoms with Gasteiger partial charge in [0.2, 0.25) is 0 Å². The molecule has 2 aromatic heterocycles. The second-order valence-electron chi connectivity index (χ2n) is 2.91. The highest BCUT2D eigenvalue weighted by Crippen LogP contribution is 2.26. The molecule has 16 heavy (non-hydrogen) atoms. The van der Waals surface area contributed by atoms with Crippen molar-refractivity contribution < 1.29 is 9.90 Å². The lowest BCUT2D eigenvalue weighted by Crippen LogP contribution is -2.19. The first-order valence-electron chi connectivity index (χ1n) is 4.30. The summed E-state index contributed by atoms with van der Waals surface area (Å²) in [6.07, 6.45) is 0. The number of nitrogens with one attached hydrogen (secondary N) is 1. The highest BCUT2D eigenvalue weighted by molar-refractivity contribution is 7.14. The van der Waals surface area contributed by atoms with Gasteiger partial charge in [-0.15, -0.1) is 22.7 Å². The number of aliphatic carboxylic acids is 1. The molecule has 0 radical (unpaired) electrons. The van der Waals surface area contributed by atoms with Crippen LogP contribution in [-0.2, 0) is 4.79 Å². The van der Waals surface area contributed by atoms with Crippen LogP contribution < -0.4 is 5.32 Å². The van der Waals surface area contributed by atoms with E-state index in [9.17, 15) is 4.79 Å². The molecular weight excluding hydrogens is 268 g/mol. The van der Waals surface area contributed by atoms with Gasteiger partial charge in [-0.3, -0.25) is 0 Å². The van der Waals surface area contributed by atoms with Crippen LogP contribution in [0.15, 0.2) is 22.9 Å². The van der Waals surface area contributed by atoms with Crippen LogP contribution in [0.25, 0.3) is 0 Å². The average molecular weight is 275 g/mol. The standard InChI is InChI=1S/C9H7ClN2O2S2/c10-6-4-16-9(11-6)12-7(8(13)14)5-2-1-3-15-5/h1-4,7H,(H,11,12)(H,13,14). The quantitative estimate of drug-likeness (QED) is 0.899. The molecule has 0 saturated heterocycles. The average Bonchev–Trinajstić information content (AvgIpc) is 2.84. The smallest absolute Gasteiger partial charge is 0.331 e. The Morgan fingerprint density at radius 2 is 2.38 bits per heavy atom. The number of hydrogen-bond acceptors (Lipinski definition) is 5. The fourth-order valence-electron chi connectivity index (χ4n) is 1.15. The Kier molecular flexibility index (Phi) is 3.42. The molecule has 2 aromatic rings. The van der Waals surface area contributed by atoms with Crippen molar-refractivity contribution in [3.05, 3.63) is 32.9 Å². The van der Waals surface area contributed by atoms with Crippen LogP contribution in [0, 0.1) is 0 Å². The van der Waals surface area contributed by atoms with E-state index in [0.717, 1.165) is 4.88 Å². The maximum Gasteiger partial charge on any atom is 0.331 e. The Bertz CT molecular complexity index is 483. The van der Waals surface area contributed by atoms with Crippen molar-refractivity contribution in [2.75, 3.05) is 5.32 Å². The fourth-order valence-corrected chi connectivity index (χ4v) is 2.79. The summed E-state index contributed by atoms with van der Waals surface area (Å²) >= 11 is 8.33. The van der Waals surface area contributed by atoms with E-state index in [0.29, 0.717) is 10.3 Å². The Balaban J connectivity index is 2.19. The second-order valence-corrected chi connectivity index (χ2v) is 5.13. The maximum absolute atomic E-state index is 11.1. The van der Waals surface area contributed by atoms with Gasteiger partial charge in [0, 0.05) is 10.3 Å². The molecule has 1 atom stereocenters. The lowest BCUT2D eigenvalue weighted by Gasteiger charge is -2.11. The number of thiophene rings is 1. The van der Waals surface area contributed by atoms with E-state index in [1.807, 2.05) is 11.4 Å². The third kappa shape index (κ3) is 2.52. The molecule has 0 amide bonds. The Labute approximate surface area is 105 Å². The molecule has 0 saturated carbocycles. The van der Waals surface area contributed by atoms with Gasteiger partial charge in [-0.25, -0.2) is 9.78 Å². The van der Waals surface area contributed by atoms with Crippen molar-refractivity contribution >= 4 is 45.4 Å². The molecule has 0 aliphatic heterocycles. The number of aromatic nitrogens is 1. The van der Waals surface area contributed by atoms with Crippen molar-refractivity contribution in [1.82, 2.24) is 4.98 Å². The lowest BCUT2D eigenvalue weighted by molar-refractivity contribution is -0.138. The van der Waals surface area contributed by atoms with Gasteiger partial charge in [0.25, 0.3) is 0 Å². The van der Waals surface area contributed by atoms with E-state index < -0.39 is 12.0 Å². The van der Waals surface area contributed by atoms with Crippen LogP contribution in [0.4, 0.5) is 5.13 Å². The topological polar surface area (TPSA) is 62.2 Å². The summed E-state index contributed by atoms with van der Waals surface area (Å²) in [5.74, 6) is -0.936. The maximum atomic E-state index is 11.1. The van der Waals surface area contributed by atoms with Crippen LogP contribution in [0.1, 0.15) is 10.9 Å². The molecule has 2 N–H and O–H groups in total. The minimum atomic E-state index is -0.936. The summed E-state index contributed by atoms with van der Waals surface area (Å²) < 4.78 is 0. The van der Waals surface area contributed by atoms with Gasteiger partial charge in [0.15, 0.2) is 11.2 Å². The number of carboxylic acid groups (broad SMARTS) is 1. The van der Waals surface area contributed by atoms with Crippen LogP contribution in [0.5, 0.6) is 0 Å². The summed E-state index contributed by atoms with van der Waals surface area (Å²) in [6.45, 7) is 0. The zero-order chi connectivity index (χ0) is 11.5. The number of carbonyl (C=O) groups is 1. The summed E-state index contributed by atoms with van der Waals surface area (Å²) in [5, 5.41) is 16.3. The molecule has 0 aromatic carbocycles. The minimum absolute atomic E-state index is 0.364.